The van der Waals surface area contributed by atoms with Crippen molar-refractivity contribution < 1.29 is 0 Å². The van der Waals surface area contributed by atoms with Crippen LogP contribution in [-0.2, 0) is 21.7 Å². The molecule has 1 heteroatoms. The van der Waals surface area contributed by atoms with Gasteiger partial charge in [0.25, 0.3) is 0 Å². The first-order chi connectivity index (χ1) is 36.9. The van der Waals surface area contributed by atoms with Crippen LogP contribution in [0.1, 0.15) is 116 Å². The largest absolute Gasteiger partial charge is 0.248 e. The van der Waals surface area contributed by atoms with Gasteiger partial charge in [0.15, 0.2) is 0 Å². The molecule has 1 nitrogen and oxygen atoms in total. The Kier molecular flexibility index (Phi) is 14.3. The third-order valence-corrected chi connectivity index (χ3v) is 15.7. The zero-order valence-electron chi connectivity index (χ0n) is 48.7. The molecule has 0 saturated carbocycles. The summed E-state index contributed by atoms with van der Waals surface area (Å²) in [5.41, 5.74) is 28.3. The Bertz CT molecular complexity index is 3350. The maximum absolute atomic E-state index is 5.39. The van der Waals surface area contributed by atoms with E-state index in [-0.39, 0.29) is 21.7 Å². The van der Waals surface area contributed by atoms with E-state index in [1.165, 1.54) is 77.9 Å². The highest BCUT2D eigenvalue weighted by Crippen LogP contribution is 2.42. The molecule has 0 spiro atoms. The minimum absolute atomic E-state index is 0.0473. The lowest BCUT2D eigenvalue weighted by Gasteiger charge is -2.21. The quantitative estimate of drug-likeness (QED) is 0.140. The van der Waals surface area contributed by atoms with Crippen LogP contribution < -0.4 is 0 Å². The molecule has 10 aromatic rings. The molecule has 0 N–H and O–H groups in total. The Morgan fingerprint density at radius 3 is 0.551 bits per heavy atom. The van der Waals surface area contributed by atoms with Crippen molar-refractivity contribution in [2.45, 2.75) is 119 Å². The van der Waals surface area contributed by atoms with Crippen LogP contribution in [0.25, 0.3) is 100 Å². The average Bonchev–Trinajstić information content (AvgIpc) is 3.48. The Labute approximate surface area is 467 Å². The first kappa shape index (κ1) is 53.5. The summed E-state index contributed by atoms with van der Waals surface area (Å²) in [7, 11) is 0. The Morgan fingerprint density at radius 1 is 0.192 bits per heavy atom. The standard InChI is InChI=1S/C77H77N/c1-50-15-19-56(20-16-50)72-48-67(49-73(78-72)57-21-17-51(2)18-22-57)66-46-64(62-41-58(52-23-31-68(32-24-52)74(3,4)5)39-59(42-62)53-25-33-69(34-26-53)75(6,7)8)45-65(47-66)63-43-60(54-27-35-70(36-28-54)76(9,10)11)40-61(44-63)55-29-37-71(38-30-55)77(12,13)14/h15-49H,1-14H3. The number of pyridine rings is 1. The van der Waals surface area contributed by atoms with Crippen molar-refractivity contribution >= 4 is 0 Å². The van der Waals surface area contributed by atoms with Crippen LogP contribution in [0.2, 0.25) is 0 Å². The highest BCUT2D eigenvalue weighted by molar-refractivity contribution is 5.90. The third-order valence-electron chi connectivity index (χ3n) is 15.7. The molecule has 0 aliphatic carbocycles. The normalized spacial score (nSPS) is 12.2. The van der Waals surface area contributed by atoms with Crippen LogP contribution in [0.3, 0.4) is 0 Å². The van der Waals surface area contributed by atoms with Crippen molar-refractivity contribution in [1.82, 2.24) is 4.98 Å². The van der Waals surface area contributed by atoms with E-state index in [0.717, 1.165) is 55.9 Å². The predicted molar refractivity (Wildman–Crippen MR) is 337 cm³/mol. The topological polar surface area (TPSA) is 12.9 Å². The summed E-state index contributed by atoms with van der Waals surface area (Å²) in [6.45, 7) is 31.7. The number of rotatable bonds is 9. The lowest BCUT2D eigenvalue weighted by atomic mass is 9.84. The molecular formula is C77H77N. The molecule has 0 unspecified atom stereocenters. The summed E-state index contributed by atoms with van der Waals surface area (Å²) in [5, 5.41) is 0. The SMILES string of the molecule is Cc1ccc(-c2cc(-c3cc(-c4cc(-c5ccc(C(C)(C)C)cc5)cc(-c5ccc(C(C)(C)C)cc5)c4)cc(-c4cc(-c5ccc(C(C)(C)C)cc5)cc(-c5ccc(C(C)(C)C)cc5)c4)c3)cc(-c3ccc(C)cc3)n2)cc1. The fourth-order valence-corrected chi connectivity index (χ4v) is 10.5. The zero-order valence-corrected chi connectivity index (χ0v) is 48.7. The minimum Gasteiger partial charge on any atom is -0.248 e. The second kappa shape index (κ2) is 20.8. The number of hydrogen-bond donors (Lipinski definition) is 0. The molecule has 0 aliphatic heterocycles. The number of aromatic nitrogens is 1. The summed E-state index contributed by atoms with van der Waals surface area (Å²) >= 11 is 0. The van der Waals surface area contributed by atoms with Gasteiger partial charge < -0.3 is 0 Å². The van der Waals surface area contributed by atoms with Gasteiger partial charge in [-0.05, 0) is 202 Å². The molecule has 10 rings (SSSR count). The van der Waals surface area contributed by atoms with Crippen LogP contribution >= 0.6 is 0 Å². The van der Waals surface area contributed by atoms with Crippen molar-refractivity contribution in [3.63, 3.8) is 0 Å². The van der Waals surface area contributed by atoms with E-state index < -0.39 is 0 Å². The smallest absolute Gasteiger partial charge is 0.0715 e. The van der Waals surface area contributed by atoms with E-state index in [4.69, 9.17) is 4.98 Å². The molecule has 1 heterocycles. The highest BCUT2D eigenvalue weighted by Gasteiger charge is 2.20. The average molecular weight is 1020 g/mol. The summed E-state index contributed by atoms with van der Waals surface area (Å²) in [4.78, 5) is 5.39. The summed E-state index contributed by atoms with van der Waals surface area (Å²) < 4.78 is 0. The van der Waals surface area contributed by atoms with Gasteiger partial charge in [-0.2, -0.15) is 0 Å². The van der Waals surface area contributed by atoms with Crippen molar-refractivity contribution in [3.8, 4) is 100 Å². The second-order valence-electron chi connectivity index (χ2n) is 26.1. The van der Waals surface area contributed by atoms with Gasteiger partial charge in [-0.3, -0.25) is 0 Å². The van der Waals surface area contributed by atoms with Gasteiger partial charge in [0.1, 0.15) is 0 Å². The van der Waals surface area contributed by atoms with Crippen molar-refractivity contribution in [2.75, 3.05) is 0 Å². The molecule has 0 saturated heterocycles. The van der Waals surface area contributed by atoms with Gasteiger partial charge >= 0.3 is 0 Å². The zero-order chi connectivity index (χ0) is 55.3. The third kappa shape index (κ3) is 12.0. The summed E-state index contributed by atoms with van der Waals surface area (Å²) in [6, 6.07) is 80.6. The van der Waals surface area contributed by atoms with Gasteiger partial charge in [-0.15, -0.1) is 0 Å². The fourth-order valence-electron chi connectivity index (χ4n) is 10.5. The van der Waals surface area contributed by atoms with E-state index in [1.54, 1.807) is 0 Å². The lowest BCUT2D eigenvalue weighted by molar-refractivity contribution is 0.590. The summed E-state index contributed by atoms with van der Waals surface area (Å²) in [6.07, 6.45) is 0. The molecule has 0 bridgehead atoms. The fraction of sp³-hybridized carbons (Fsp3) is 0.234. The van der Waals surface area contributed by atoms with Crippen molar-refractivity contribution in [1.29, 1.82) is 0 Å². The molecule has 0 atom stereocenters. The Morgan fingerprint density at radius 2 is 0.359 bits per heavy atom. The van der Waals surface area contributed by atoms with Crippen LogP contribution in [0, 0.1) is 13.8 Å². The van der Waals surface area contributed by atoms with Gasteiger partial charge in [0.05, 0.1) is 11.4 Å². The molecule has 390 valence electrons. The number of benzene rings is 9. The summed E-state index contributed by atoms with van der Waals surface area (Å²) in [5.74, 6) is 0. The molecule has 9 aromatic carbocycles. The van der Waals surface area contributed by atoms with Crippen molar-refractivity contribution in [3.05, 3.63) is 246 Å². The van der Waals surface area contributed by atoms with Crippen molar-refractivity contribution in [2.24, 2.45) is 0 Å². The van der Waals surface area contributed by atoms with E-state index in [0.29, 0.717) is 0 Å². The molecule has 1 aromatic heterocycles. The second-order valence-corrected chi connectivity index (χ2v) is 26.1. The first-order valence-corrected chi connectivity index (χ1v) is 28.0. The molecule has 78 heavy (non-hydrogen) atoms. The molecule has 0 amide bonds. The monoisotopic (exact) mass is 1020 g/mol. The highest BCUT2D eigenvalue weighted by atomic mass is 14.7. The molecule has 0 fully saturated rings. The van der Waals surface area contributed by atoms with Gasteiger partial charge in [0, 0.05) is 11.1 Å². The number of hydrogen-bond acceptors (Lipinski definition) is 1. The maximum Gasteiger partial charge on any atom is 0.0715 e. The minimum atomic E-state index is 0.0473. The molecule has 0 radical (unpaired) electrons. The maximum atomic E-state index is 5.39. The van der Waals surface area contributed by atoms with E-state index in [9.17, 15) is 0 Å². The molecular weight excluding hydrogens is 939 g/mol. The van der Waals surface area contributed by atoms with E-state index >= 15 is 0 Å². The van der Waals surface area contributed by atoms with Gasteiger partial charge in [-0.25, -0.2) is 4.98 Å². The first-order valence-electron chi connectivity index (χ1n) is 28.0. The van der Waals surface area contributed by atoms with E-state index in [1.807, 2.05) is 0 Å². The van der Waals surface area contributed by atoms with Crippen LogP contribution in [0.15, 0.2) is 212 Å². The number of nitrogens with zero attached hydrogens (tertiary/aromatic N) is 1. The molecule has 0 aliphatic rings. The van der Waals surface area contributed by atoms with Gasteiger partial charge in [0.2, 0.25) is 0 Å². The number of aryl methyl sites for hydroxylation is 2. The lowest BCUT2D eigenvalue weighted by Crippen LogP contribution is -2.10. The Balaban J connectivity index is 1.25. The van der Waals surface area contributed by atoms with Gasteiger partial charge in [-0.1, -0.05) is 240 Å². The predicted octanol–water partition coefficient (Wildman–Crippen LogP) is 21.9. The van der Waals surface area contributed by atoms with E-state index in [2.05, 4.69) is 309 Å². The van der Waals surface area contributed by atoms with Crippen LogP contribution in [0.5, 0.6) is 0 Å². The van der Waals surface area contributed by atoms with Crippen LogP contribution in [0.4, 0.5) is 0 Å². The Hall–Kier alpha value is -7.87. The van der Waals surface area contributed by atoms with Crippen LogP contribution in [-0.4, -0.2) is 4.98 Å².